The molecule has 0 aliphatic carbocycles. The van der Waals surface area contributed by atoms with Crippen LogP contribution in [0.5, 0.6) is 0 Å². The van der Waals surface area contributed by atoms with E-state index in [0.29, 0.717) is 0 Å². The van der Waals surface area contributed by atoms with Gasteiger partial charge in [-0.1, -0.05) is 0 Å². The van der Waals surface area contributed by atoms with Crippen LogP contribution in [0.3, 0.4) is 0 Å². The van der Waals surface area contributed by atoms with Crippen LogP contribution in [0.25, 0.3) is 0 Å². The van der Waals surface area contributed by atoms with E-state index < -0.39 is 48.1 Å². The molecule has 1 saturated heterocycles. The number of carbonyl (C=O) groups excluding carboxylic acids is 2. The Morgan fingerprint density at radius 2 is 1.64 bits per heavy atom. The van der Waals surface area contributed by atoms with Crippen molar-refractivity contribution in [2.24, 2.45) is 0 Å². The molecule has 0 aromatic heterocycles. The molecule has 0 radical (unpaired) electrons. The number of halogens is 6. The monoisotopic (exact) mass is 337 g/mol. The van der Waals surface area contributed by atoms with Crippen molar-refractivity contribution in [3.05, 3.63) is 0 Å². The molecule has 1 aliphatic heterocycles. The first-order valence-corrected chi connectivity index (χ1v) is 5.95. The van der Waals surface area contributed by atoms with Gasteiger partial charge in [0.05, 0.1) is 6.42 Å². The highest BCUT2D eigenvalue weighted by Crippen LogP contribution is 2.47. The van der Waals surface area contributed by atoms with Crippen LogP contribution in [0.1, 0.15) is 27.2 Å². The summed E-state index contributed by atoms with van der Waals surface area (Å²) in [6.45, 7) is 4.34. The number of nitrogens with one attached hydrogen (secondary N) is 1. The van der Waals surface area contributed by atoms with Crippen molar-refractivity contribution in [3.63, 3.8) is 0 Å². The van der Waals surface area contributed by atoms with E-state index in [9.17, 15) is 35.9 Å². The molecule has 0 aromatic carbocycles. The van der Waals surface area contributed by atoms with Gasteiger partial charge in [0.2, 0.25) is 0 Å². The smallest absolute Gasteiger partial charge is 0.452 e. The summed E-state index contributed by atoms with van der Waals surface area (Å²) in [5, 5.41) is 1.03. The van der Waals surface area contributed by atoms with Gasteiger partial charge in [0.1, 0.15) is 11.6 Å². The molecule has 11 heteroatoms. The maximum atomic E-state index is 12.7. The van der Waals surface area contributed by atoms with Crippen LogP contribution in [0.4, 0.5) is 26.3 Å². The topological polar surface area (TPSA) is 64.6 Å². The highest BCUT2D eigenvalue weighted by molar-refractivity contribution is 5.84. The molecule has 0 saturated carbocycles. The van der Waals surface area contributed by atoms with Gasteiger partial charge in [0.15, 0.2) is 0 Å². The number of rotatable bonds is 2. The van der Waals surface area contributed by atoms with Crippen molar-refractivity contribution in [1.29, 1.82) is 0 Å². The molecule has 22 heavy (non-hydrogen) atoms. The van der Waals surface area contributed by atoms with E-state index in [1.54, 1.807) is 0 Å². The molecule has 1 N–H and O–H groups in total. The summed E-state index contributed by atoms with van der Waals surface area (Å²) >= 11 is 0. The summed E-state index contributed by atoms with van der Waals surface area (Å²) in [6, 6.07) is -2.11. The van der Waals surface area contributed by atoms with Crippen molar-refractivity contribution in [3.8, 4) is 0 Å². The summed E-state index contributed by atoms with van der Waals surface area (Å²) in [7, 11) is 0. The molecule has 128 valence electrons. The Bertz CT molecular complexity index is 451. The fourth-order valence-electron chi connectivity index (χ4n) is 1.68. The molecule has 1 fully saturated rings. The molecule has 0 bridgehead atoms. The molecule has 1 aliphatic rings. The fourth-order valence-corrected chi connectivity index (χ4v) is 1.68. The molecule has 0 spiro atoms. The van der Waals surface area contributed by atoms with Crippen molar-refractivity contribution in [2.45, 2.75) is 56.9 Å². The first-order valence-electron chi connectivity index (χ1n) is 5.95. The Labute approximate surface area is 120 Å². The van der Waals surface area contributed by atoms with E-state index in [4.69, 9.17) is 4.74 Å². The number of alkyl halides is 6. The molecule has 1 rings (SSSR count). The van der Waals surface area contributed by atoms with Gasteiger partial charge in [-0.2, -0.15) is 26.3 Å². The second-order valence-electron chi connectivity index (χ2n) is 5.59. The van der Waals surface area contributed by atoms with Gasteiger partial charge in [0, 0.05) is 0 Å². The second-order valence-corrected chi connectivity index (χ2v) is 5.59. The maximum absolute atomic E-state index is 12.7. The van der Waals surface area contributed by atoms with Gasteiger partial charge in [-0.3, -0.25) is 14.9 Å². The van der Waals surface area contributed by atoms with E-state index in [1.807, 2.05) is 0 Å². The predicted molar refractivity (Wildman–Crippen MR) is 58.3 cm³/mol. The summed E-state index contributed by atoms with van der Waals surface area (Å²) in [5.74, 6) is -2.97. The minimum absolute atomic E-state index is 1.01. The standard InChI is InChI=1S/C11H13F6NO4/c1-8(2,3)21-6(19)4-5-7(20)22-9(18-5,10(12,13)14)11(15,16)17/h5,18H,4H2,1-3H3/t5-/m0/s1. The van der Waals surface area contributed by atoms with Crippen LogP contribution in [-0.4, -0.2) is 41.7 Å². The third-order valence-corrected chi connectivity index (χ3v) is 2.50. The number of hydrogen-bond donors (Lipinski definition) is 1. The van der Waals surface area contributed by atoms with Gasteiger partial charge in [0.25, 0.3) is 0 Å². The van der Waals surface area contributed by atoms with Crippen LogP contribution >= 0.6 is 0 Å². The van der Waals surface area contributed by atoms with Crippen molar-refractivity contribution < 1.29 is 45.4 Å². The molecule has 0 amide bonds. The highest BCUT2D eigenvalue weighted by Gasteiger charge is 2.78. The molecule has 1 atom stereocenters. The third kappa shape index (κ3) is 3.62. The minimum Gasteiger partial charge on any atom is -0.460 e. The van der Waals surface area contributed by atoms with E-state index in [1.165, 1.54) is 20.8 Å². The number of carbonyl (C=O) groups is 2. The molecular weight excluding hydrogens is 324 g/mol. The average Bonchev–Trinajstić information content (AvgIpc) is 2.52. The predicted octanol–water partition coefficient (Wildman–Crippen LogP) is 2.05. The summed E-state index contributed by atoms with van der Waals surface area (Å²) in [5.41, 5.74) is -5.84. The Morgan fingerprint density at radius 3 is 1.95 bits per heavy atom. The second kappa shape index (κ2) is 5.28. The van der Waals surface area contributed by atoms with Gasteiger partial charge >= 0.3 is 30.0 Å². The normalized spacial score (nSPS) is 22.4. The molecule has 1 heterocycles. The Balaban J connectivity index is 2.96. The van der Waals surface area contributed by atoms with Crippen molar-refractivity contribution >= 4 is 11.9 Å². The average molecular weight is 337 g/mol. The Hall–Kier alpha value is -1.52. The van der Waals surface area contributed by atoms with Gasteiger partial charge in [-0.15, -0.1) is 0 Å². The molecule has 5 nitrogen and oxygen atoms in total. The van der Waals surface area contributed by atoms with Crippen LogP contribution in [-0.2, 0) is 19.1 Å². The van der Waals surface area contributed by atoms with Gasteiger partial charge in [-0.05, 0) is 20.8 Å². The number of ether oxygens (including phenoxy) is 2. The quantitative estimate of drug-likeness (QED) is 0.617. The summed E-state index contributed by atoms with van der Waals surface area (Å²) in [4.78, 5) is 22.7. The van der Waals surface area contributed by atoms with Crippen LogP contribution < -0.4 is 5.32 Å². The van der Waals surface area contributed by atoms with Crippen molar-refractivity contribution in [2.75, 3.05) is 0 Å². The molecule has 0 unspecified atom stereocenters. The lowest BCUT2D eigenvalue weighted by Gasteiger charge is -2.31. The van der Waals surface area contributed by atoms with Crippen LogP contribution in [0.15, 0.2) is 0 Å². The molecule has 0 aromatic rings. The summed E-state index contributed by atoms with van der Waals surface area (Å²) in [6.07, 6.45) is -12.9. The van der Waals surface area contributed by atoms with E-state index in [0.717, 1.165) is 5.32 Å². The van der Waals surface area contributed by atoms with Crippen molar-refractivity contribution in [1.82, 2.24) is 5.32 Å². The zero-order chi connectivity index (χ0) is 17.6. The molecular formula is C11H13F6NO4. The van der Waals surface area contributed by atoms with Crippen LogP contribution in [0.2, 0.25) is 0 Å². The lowest BCUT2D eigenvalue weighted by Crippen LogP contribution is -2.65. The third-order valence-electron chi connectivity index (χ3n) is 2.50. The highest BCUT2D eigenvalue weighted by atomic mass is 19.4. The van der Waals surface area contributed by atoms with E-state index >= 15 is 0 Å². The van der Waals surface area contributed by atoms with Gasteiger partial charge < -0.3 is 9.47 Å². The Morgan fingerprint density at radius 1 is 1.18 bits per heavy atom. The minimum atomic E-state index is -5.94. The van der Waals surface area contributed by atoms with Gasteiger partial charge in [-0.25, -0.2) is 0 Å². The first-order chi connectivity index (χ1) is 9.59. The Kier molecular flexibility index (Phi) is 4.45. The lowest BCUT2D eigenvalue weighted by atomic mass is 10.1. The number of esters is 2. The lowest BCUT2D eigenvalue weighted by molar-refractivity contribution is -0.369. The fraction of sp³-hybridized carbons (Fsp3) is 0.818. The zero-order valence-electron chi connectivity index (χ0n) is 11.7. The first kappa shape index (κ1) is 18.5. The number of cyclic esters (lactones) is 1. The largest absolute Gasteiger partial charge is 0.460 e. The van der Waals surface area contributed by atoms with E-state index in [2.05, 4.69) is 4.74 Å². The SMILES string of the molecule is CC(C)(C)OC(=O)C[C@@H]1NC(C(F)(F)F)(C(F)(F)F)OC1=O. The van der Waals surface area contributed by atoms with E-state index in [-0.39, 0.29) is 0 Å². The zero-order valence-corrected chi connectivity index (χ0v) is 11.7. The summed E-state index contributed by atoms with van der Waals surface area (Å²) < 4.78 is 84.4. The number of hydrogen-bond acceptors (Lipinski definition) is 5. The maximum Gasteiger partial charge on any atom is 0.452 e. The van der Waals surface area contributed by atoms with Crippen LogP contribution in [0, 0.1) is 0 Å².